The number of benzene rings is 2. The zero-order valence-corrected chi connectivity index (χ0v) is 61.8. The minimum Gasteiger partial charge on any atom is -0.619 e. The number of alkyl halides is 6. The van der Waals surface area contributed by atoms with Crippen LogP contribution in [0.25, 0.3) is 22.5 Å². The molecule has 9 aliphatic heterocycles. The number of rotatable bonds is 6. The first-order valence-electron chi connectivity index (χ1n) is 30.2. The molecule has 0 atom stereocenters. The Bertz CT molecular complexity index is 4120. The first-order valence-corrected chi connectivity index (χ1v) is 37.0. The summed E-state index contributed by atoms with van der Waals surface area (Å²) >= 11 is -0.241. The zero-order chi connectivity index (χ0) is 68.3. The van der Waals surface area contributed by atoms with Gasteiger partial charge in [0.1, 0.15) is 5.69 Å². The van der Waals surface area contributed by atoms with Gasteiger partial charge < -0.3 is 40.8 Å². The molecule has 28 heteroatoms. The third-order valence-corrected chi connectivity index (χ3v) is 26.4. The molecule has 0 saturated heterocycles. The first-order chi connectivity index (χ1) is 45.0. The Morgan fingerprint density at radius 1 is 0.495 bits per heavy atom. The normalized spacial score (nSPS) is 17.7. The number of halogens is 6. The average molecular weight is 1850 g/mol. The van der Waals surface area contributed by atoms with Crippen molar-refractivity contribution in [1.29, 1.82) is 0 Å². The minimum absolute atomic E-state index is 0.0247. The number of allylic oxidation sites excluding steroid dienone is 2. The maximum absolute atomic E-state index is 12.5. The molecule has 15 rings (SSSR count). The van der Waals surface area contributed by atoms with E-state index in [4.69, 9.17) is 0 Å². The van der Waals surface area contributed by atoms with Crippen molar-refractivity contribution in [3.63, 3.8) is 0 Å². The van der Waals surface area contributed by atoms with Crippen molar-refractivity contribution in [2.75, 3.05) is 47.9 Å². The van der Waals surface area contributed by atoms with Crippen LogP contribution in [0.5, 0.6) is 0 Å². The van der Waals surface area contributed by atoms with Gasteiger partial charge in [0, 0.05) is 17.1 Å². The smallest absolute Gasteiger partial charge is 0.431 e. The molecule has 0 spiro atoms. The predicted octanol–water partition coefficient (Wildman–Crippen LogP) is 8.66. The van der Waals surface area contributed by atoms with Crippen LogP contribution in [0.3, 0.4) is 0 Å². The van der Waals surface area contributed by atoms with Gasteiger partial charge in [-0.25, -0.2) is 11.4 Å². The molecule has 516 valence electrons. The second kappa shape index (κ2) is 29.2. The van der Waals surface area contributed by atoms with Crippen LogP contribution in [-0.2, 0) is 70.7 Å². The van der Waals surface area contributed by atoms with Crippen molar-refractivity contribution in [2.45, 2.75) is 106 Å². The van der Waals surface area contributed by atoms with Crippen LogP contribution < -0.4 is 20.4 Å². The summed E-state index contributed by atoms with van der Waals surface area (Å²) in [6.07, 6.45) is 20.8. The molecule has 19 nitrogen and oxygen atoms in total. The molecule has 0 saturated carbocycles. The second-order valence-electron chi connectivity index (χ2n) is 23.8. The number of likely N-dealkylation sites (N-methyl/N-ethyl adjacent to an activating group) is 1. The van der Waals surface area contributed by atoms with Crippen LogP contribution >= 0.6 is 0 Å². The molecule has 9 aliphatic rings. The summed E-state index contributed by atoms with van der Waals surface area (Å²) in [5.41, 5.74) is 6.26. The van der Waals surface area contributed by atoms with E-state index in [1.54, 1.807) is 39.8 Å². The van der Waals surface area contributed by atoms with Crippen LogP contribution in [0, 0.1) is 39.8 Å². The minimum atomic E-state index is -4.48. The molecule has 4 aromatic heterocycles. The van der Waals surface area contributed by atoms with Gasteiger partial charge >= 0.3 is 324 Å². The number of aromatic nitrogens is 8. The molecule has 0 bridgehead atoms. The van der Waals surface area contributed by atoms with Crippen molar-refractivity contribution >= 4 is 24.8 Å². The predicted molar refractivity (Wildman–Crippen MR) is 346 cm³/mol. The van der Waals surface area contributed by atoms with Gasteiger partial charge in [-0.15, -0.1) is 65.5 Å². The van der Waals surface area contributed by atoms with Gasteiger partial charge in [-0.1, -0.05) is 45.0 Å². The largest absolute Gasteiger partial charge is 0.619 e. The summed E-state index contributed by atoms with van der Waals surface area (Å²) in [5, 5.41) is 30.1. The van der Waals surface area contributed by atoms with Crippen molar-refractivity contribution in [1.82, 2.24) is 94.7 Å². The van der Waals surface area contributed by atoms with Gasteiger partial charge in [-0.05, 0) is 31.7 Å². The monoisotopic (exact) mass is 1840 g/mol. The Kier molecular flexibility index (Phi) is 21.5. The Balaban J connectivity index is 0.000000125. The molecule has 13 heterocycles. The van der Waals surface area contributed by atoms with Crippen LogP contribution in [0.4, 0.5) is 26.3 Å². The van der Waals surface area contributed by atoms with Gasteiger partial charge in [0.2, 0.25) is 0 Å². The molecule has 0 N–H and O–H groups in total. The summed E-state index contributed by atoms with van der Waals surface area (Å²) in [4.78, 5) is 25.8. The van der Waals surface area contributed by atoms with Crippen molar-refractivity contribution < 1.29 is 79.3 Å². The van der Waals surface area contributed by atoms with Crippen molar-refractivity contribution in [3.8, 4) is 22.5 Å². The van der Waals surface area contributed by atoms with Gasteiger partial charge in [0.15, 0.2) is 0 Å². The SMILES string of the molecule is CC(C)N1C=CN2CCCN3C=CN(C(C)C)[C]3=[Pt]=[C]21.CN1C=CC=C2[C]1=[Pt]=[C]1N(C)C=CN21.CN1C=CN2CN3C=CN(C)[C]3=[Pt]=[C]12.Cc1c[c-]c(-c2cc(C)n[n-]2)cc1.Cc1cc(-c2[c-]cc(C(F)(F)F)cc2)[n-]n1.Cc1cc(C(C)(C)c2cc(C(F)(F)F)n[n-]2)[n-]n1. The van der Waals surface area contributed by atoms with Crippen LogP contribution in [0.2, 0.25) is 0 Å². The van der Waals surface area contributed by atoms with Gasteiger partial charge in [-0.3, -0.25) is 0 Å². The Hall–Kier alpha value is -7.88. The fraction of sp³-hybridized carbons (Fsp3) is 0.343. The molecule has 0 amide bonds. The van der Waals surface area contributed by atoms with E-state index in [1.807, 2.05) is 32.0 Å². The van der Waals surface area contributed by atoms with Crippen molar-refractivity contribution in [3.05, 3.63) is 204 Å². The number of nitrogens with zero attached hydrogens (tertiary/aromatic N) is 19. The number of hydrogen-bond donors (Lipinski definition) is 0. The standard InChI is InChI=1S/C15H24N4.C11H11F3N4.C11H7F3N2.C11H10N2.C10H11N3.C9H12N4.3Pt/c1-14(2)18-10-8-16(12-18)6-5-7-17-9-11-19(13-17)15(3)4;1-6-4-7(16-15-6)10(2,3)8-5-9(18-17-8)11(12,13)14;1-7-6-10(16-15-7)8-2-4-9(5-3-8)11(12,13)14;1-8-3-5-10(6-4-8)11-7-9(2)12-13-11;1-11-5-3-4-10(8-11)13-7-6-12(2)9-13;1-10-3-5-12(7-10)9-13-6-4-11(2)8-13;;;/h8-11,14-15H,5-7H2,1-4H3;4-5H,1-3H3;2,4-6H,1H3;3-5,7H,1-2H3;3-7H,1-2H3;3-6H,9H2,1-2H3;;;/q;3*-2;;;;;. The van der Waals surface area contributed by atoms with E-state index in [2.05, 4.69) is 249 Å². The summed E-state index contributed by atoms with van der Waals surface area (Å²) in [6, 6.07) is 22.4. The van der Waals surface area contributed by atoms with E-state index in [0.717, 1.165) is 60.6 Å². The third-order valence-electron chi connectivity index (χ3n) is 15.2. The fourth-order valence-electron chi connectivity index (χ4n) is 9.81. The summed E-state index contributed by atoms with van der Waals surface area (Å²) in [6.45, 7) is 23.4. The number of hydrogen-bond acceptors (Lipinski definition) is 15. The van der Waals surface area contributed by atoms with Gasteiger partial charge in [-0.2, -0.15) is 37.5 Å². The summed E-state index contributed by atoms with van der Waals surface area (Å²) < 4.78 is 83.2. The van der Waals surface area contributed by atoms with Crippen molar-refractivity contribution in [2.24, 2.45) is 0 Å². The zero-order valence-electron chi connectivity index (χ0n) is 55.0. The quantitative estimate of drug-likeness (QED) is 0.116. The van der Waals surface area contributed by atoms with Gasteiger partial charge in [0.05, 0.1) is 0 Å². The Morgan fingerprint density at radius 3 is 1.46 bits per heavy atom. The first kappa shape index (κ1) is 69.9. The van der Waals surface area contributed by atoms with E-state index in [9.17, 15) is 26.3 Å². The molecule has 95 heavy (non-hydrogen) atoms. The molecule has 0 unspecified atom stereocenters. The molecular formula is C67H75F6N19Pt3-6. The van der Waals surface area contributed by atoms with E-state index in [1.165, 1.54) is 48.5 Å². The fourth-order valence-corrected chi connectivity index (χ4v) is 19.9. The molecule has 0 radical (unpaired) electrons. The van der Waals surface area contributed by atoms with Gasteiger partial charge in [0.25, 0.3) is 0 Å². The molecule has 0 fully saturated rings. The van der Waals surface area contributed by atoms with E-state index in [-0.39, 0.29) is 58.6 Å². The topological polar surface area (TPSA) is 144 Å². The maximum Gasteiger partial charge on any atom is 0.431 e. The second-order valence-corrected chi connectivity index (χ2v) is 31.7. The van der Waals surface area contributed by atoms with E-state index >= 15 is 0 Å². The van der Waals surface area contributed by atoms with Crippen LogP contribution in [-0.4, -0.2) is 159 Å². The number of aryl methyl sites for hydroxylation is 4. The van der Waals surface area contributed by atoms with E-state index < -0.39 is 29.0 Å². The third kappa shape index (κ3) is 16.3. The maximum atomic E-state index is 12.5. The molecule has 0 aliphatic carbocycles. The molecule has 2 aromatic carbocycles. The molecule has 6 aromatic rings. The van der Waals surface area contributed by atoms with E-state index in [0.29, 0.717) is 34.7 Å². The summed E-state index contributed by atoms with van der Waals surface area (Å²) in [5.74, 6) is 0. The van der Waals surface area contributed by atoms with Crippen LogP contribution in [0.15, 0.2) is 147 Å². The number of fused-ring (bicyclic) bond motifs is 7. The average Bonchev–Trinajstić information content (AvgIpc) is 1.65. The van der Waals surface area contributed by atoms with Crippen LogP contribution in [0.1, 0.15) is 93.3 Å². The summed E-state index contributed by atoms with van der Waals surface area (Å²) in [7, 11) is 8.51. The molecular weight excluding hydrogens is 1770 g/mol. The Labute approximate surface area is 574 Å². The Morgan fingerprint density at radius 2 is 0.989 bits per heavy atom.